The van der Waals surface area contributed by atoms with E-state index in [1.807, 2.05) is 24.3 Å². The van der Waals surface area contributed by atoms with Crippen LogP contribution < -0.4 is 15.5 Å². The van der Waals surface area contributed by atoms with Crippen molar-refractivity contribution in [3.63, 3.8) is 0 Å². The first-order valence-electron chi connectivity index (χ1n) is 9.95. The van der Waals surface area contributed by atoms with E-state index in [1.165, 1.54) is 24.1 Å². The van der Waals surface area contributed by atoms with Gasteiger partial charge in [-0.25, -0.2) is 4.98 Å². The first-order chi connectivity index (χ1) is 13.7. The van der Waals surface area contributed by atoms with Gasteiger partial charge in [0.25, 0.3) is 0 Å². The third kappa shape index (κ3) is 4.42. The molecular formula is C23H27N5. The summed E-state index contributed by atoms with van der Waals surface area (Å²) in [6.07, 6.45) is 4.31. The van der Waals surface area contributed by atoms with E-state index in [1.54, 1.807) is 6.20 Å². The minimum atomic E-state index is 0.582. The van der Waals surface area contributed by atoms with Crippen LogP contribution >= 0.6 is 0 Å². The first-order valence-corrected chi connectivity index (χ1v) is 9.95. The average molecular weight is 374 g/mol. The summed E-state index contributed by atoms with van der Waals surface area (Å²) in [5.41, 5.74) is 4.50. The second kappa shape index (κ2) is 8.30. The van der Waals surface area contributed by atoms with Crippen molar-refractivity contribution in [3.8, 4) is 0 Å². The predicted octanol–water partition coefficient (Wildman–Crippen LogP) is 5.51. The van der Waals surface area contributed by atoms with Crippen LogP contribution in [0.1, 0.15) is 25.3 Å². The van der Waals surface area contributed by atoms with Gasteiger partial charge in [-0.1, -0.05) is 25.1 Å². The minimum absolute atomic E-state index is 0.582. The Morgan fingerprint density at radius 3 is 2.43 bits per heavy atom. The molecule has 1 aliphatic rings. The minimum Gasteiger partial charge on any atom is -0.372 e. The summed E-state index contributed by atoms with van der Waals surface area (Å²) >= 11 is 0. The lowest BCUT2D eigenvalue weighted by atomic mass is 9.99. The molecule has 1 aliphatic heterocycles. The van der Waals surface area contributed by atoms with Gasteiger partial charge in [0.1, 0.15) is 5.82 Å². The number of piperidine rings is 1. The highest BCUT2D eigenvalue weighted by atomic mass is 15.1. The van der Waals surface area contributed by atoms with Crippen LogP contribution in [0.5, 0.6) is 0 Å². The Balaban J connectivity index is 1.42. The number of hydrogen-bond donors (Lipinski definition) is 2. The second-order valence-corrected chi connectivity index (χ2v) is 7.55. The van der Waals surface area contributed by atoms with E-state index in [2.05, 4.69) is 69.7 Å². The molecule has 5 nitrogen and oxygen atoms in total. The summed E-state index contributed by atoms with van der Waals surface area (Å²) in [5.74, 6) is 2.19. The zero-order valence-electron chi connectivity index (χ0n) is 16.5. The topological polar surface area (TPSA) is 53.1 Å². The molecule has 28 heavy (non-hydrogen) atoms. The molecule has 3 aromatic rings. The molecule has 2 heterocycles. The van der Waals surface area contributed by atoms with Gasteiger partial charge in [0.2, 0.25) is 5.95 Å². The van der Waals surface area contributed by atoms with Gasteiger partial charge in [0, 0.05) is 36.3 Å². The van der Waals surface area contributed by atoms with Gasteiger partial charge in [-0.05, 0) is 67.6 Å². The maximum atomic E-state index is 4.58. The largest absolute Gasteiger partial charge is 0.372 e. The molecule has 0 unspecified atom stereocenters. The van der Waals surface area contributed by atoms with E-state index >= 15 is 0 Å². The number of aromatic nitrogens is 2. The number of anilines is 5. The van der Waals surface area contributed by atoms with Crippen LogP contribution in [-0.4, -0.2) is 23.1 Å². The monoisotopic (exact) mass is 373 g/mol. The van der Waals surface area contributed by atoms with Crippen LogP contribution in [-0.2, 0) is 0 Å². The van der Waals surface area contributed by atoms with E-state index in [0.717, 1.165) is 36.2 Å². The van der Waals surface area contributed by atoms with Crippen molar-refractivity contribution in [2.24, 2.45) is 5.92 Å². The van der Waals surface area contributed by atoms with Crippen molar-refractivity contribution >= 4 is 28.8 Å². The molecule has 0 amide bonds. The zero-order chi connectivity index (χ0) is 19.3. The molecule has 0 radical (unpaired) electrons. The summed E-state index contributed by atoms with van der Waals surface area (Å²) in [4.78, 5) is 11.4. The van der Waals surface area contributed by atoms with Crippen LogP contribution in [0.25, 0.3) is 0 Å². The molecule has 0 bridgehead atoms. The van der Waals surface area contributed by atoms with Crippen molar-refractivity contribution in [2.75, 3.05) is 28.6 Å². The van der Waals surface area contributed by atoms with E-state index in [9.17, 15) is 0 Å². The highest BCUT2D eigenvalue weighted by Gasteiger charge is 2.15. The summed E-state index contributed by atoms with van der Waals surface area (Å²) in [6.45, 7) is 6.70. The van der Waals surface area contributed by atoms with Gasteiger partial charge in [-0.15, -0.1) is 0 Å². The average Bonchev–Trinajstić information content (AvgIpc) is 2.71. The van der Waals surface area contributed by atoms with Crippen LogP contribution in [0, 0.1) is 12.8 Å². The Hall–Kier alpha value is -3.08. The Morgan fingerprint density at radius 2 is 1.68 bits per heavy atom. The standard InChI is InChI=1S/C23H27N5/c1-17-12-15-28(16-13-17)20-9-7-19(8-10-20)25-23-24-14-11-22(27-23)26-21-6-4-3-5-18(21)2/h3-11,14,17H,12-13,15-16H2,1-2H3,(H2,24,25,26,27). The van der Waals surface area contributed by atoms with Crippen LogP contribution in [0.2, 0.25) is 0 Å². The maximum absolute atomic E-state index is 4.58. The third-order valence-electron chi connectivity index (χ3n) is 5.34. The van der Waals surface area contributed by atoms with Crippen LogP contribution in [0.4, 0.5) is 28.8 Å². The molecular weight excluding hydrogens is 346 g/mol. The molecule has 4 rings (SSSR count). The predicted molar refractivity (Wildman–Crippen MR) is 117 cm³/mol. The molecule has 1 saturated heterocycles. The molecule has 1 aromatic heterocycles. The summed E-state index contributed by atoms with van der Waals surface area (Å²) in [7, 11) is 0. The molecule has 0 spiro atoms. The van der Waals surface area contributed by atoms with Crippen molar-refractivity contribution in [1.29, 1.82) is 0 Å². The number of hydrogen-bond acceptors (Lipinski definition) is 5. The Morgan fingerprint density at radius 1 is 0.929 bits per heavy atom. The Labute approximate surface area is 166 Å². The zero-order valence-corrected chi connectivity index (χ0v) is 16.5. The fraction of sp³-hybridized carbons (Fsp3) is 0.304. The number of benzene rings is 2. The number of nitrogens with one attached hydrogen (secondary N) is 2. The van der Waals surface area contributed by atoms with Gasteiger partial charge in [0.05, 0.1) is 0 Å². The normalized spacial score (nSPS) is 14.7. The fourth-order valence-electron chi connectivity index (χ4n) is 3.49. The molecule has 0 atom stereocenters. The quantitative estimate of drug-likeness (QED) is 0.618. The smallest absolute Gasteiger partial charge is 0.229 e. The van der Waals surface area contributed by atoms with Crippen molar-refractivity contribution < 1.29 is 0 Å². The molecule has 0 aliphatic carbocycles. The molecule has 1 fully saturated rings. The van der Waals surface area contributed by atoms with Gasteiger partial charge in [0.15, 0.2) is 0 Å². The second-order valence-electron chi connectivity index (χ2n) is 7.55. The number of rotatable bonds is 5. The lowest BCUT2D eigenvalue weighted by Gasteiger charge is -2.32. The lowest BCUT2D eigenvalue weighted by Crippen LogP contribution is -2.32. The Kier molecular flexibility index (Phi) is 5.42. The van der Waals surface area contributed by atoms with Gasteiger partial charge in [-0.3, -0.25) is 0 Å². The first kappa shape index (κ1) is 18.3. The van der Waals surface area contributed by atoms with E-state index in [-0.39, 0.29) is 0 Å². The van der Waals surface area contributed by atoms with Gasteiger partial charge < -0.3 is 15.5 Å². The lowest BCUT2D eigenvalue weighted by molar-refractivity contribution is 0.438. The maximum Gasteiger partial charge on any atom is 0.229 e. The number of nitrogens with zero attached hydrogens (tertiary/aromatic N) is 3. The molecule has 0 saturated carbocycles. The summed E-state index contributed by atoms with van der Waals surface area (Å²) < 4.78 is 0. The van der Waals surface area contributed by atoms with E-state index < -0.39 is 0 Å². The van der Waals surface area contributed by atoms with Gasteiger partial charge in [-0.2, -0.15) is 4.98 Å². The Bertz CT molecular complexity index is 914. The van der Waals surface area contributed by atoms with Crippen molar-refractivity contribution in [2.45, 2.75) is 26.7 Å². The van der Waals surface area contributed by atoms with Crippen molar-refractivity contribution in [1.82, 2.24) is 9.97 Å². The van der Waals surface area contributed by atoms with Crippen LogP contribution in [0.15, 0.2) is 60.8 Å². The number of aryl methyl sites for hydroxylation is 1. The number of para-hydroxylation sites is 1. The molecule has 5 heteroatoms. The molecule has 144 valence electrons. The van der Waals surface area contributed by atoms with E-state index in [4.69, 9.17) is 0 Å². The van der Waals surface area contributed by atoms with Crippen LogP contribution in [0.3, 0.4) is 0 Å². The highest BCUT2D eigenvalue weighted by Crippen LogP contribution is 2.25. The fourth-order valence-corrected chi connectivity index (χ4v) is 3.49. The molecule has 2 aromatic carbocycles. The summed E-state index contributed by atoms with van der Waals surface area (Å²) in [6, 6.07) is 18.6. The highest BCUT2D eigenvalue weighted by molar-refractivity contribution is 5.63. The summed E-state index contributed by atoms with van der Waals surface area (Å²) in [5, 5.41) is 6.66. The third-order valence-corrected chi connectivity index (χ3v) is 5.34. The molecule has 2 N–H and O–H groups in total. The SMILES string of the molecule is Cc1ccccc1Nc1ccnc(Nc2ccc(N3CCC(C)CC3)cc2)n1. The van der Waals surface area contributed by atoms with Crippen molar-refractivity contribution in [3.05, 3.63) is 66.4 Å². The van der Waals surface area contributed by atoms with E-state index in [0.29, 0.717) is 5.95 Å². The van der Waals surface area contributed by atoms with Gasteiger partial charge >= 0.3 is 0 Å².